The number of H-pyrrole nitrogens is 1. The highest BCUT2D eigenvalue weighted by Gasteiger charge is 2.11. The Hall–Kier alpha value is -3.61. The second kappa shape index (κ2) is 7.19. The summed E-state index contributed by atoms with van der Waals surface area (Å²) >= 11 is 0. The molecule has 0 atom stereocenters. The molecule has 0 radical (unpaired) electrons. The van der Waals surface area contributed by atoms with Crippen LogP contribution >= 0.6 is 0 Å². The number of benzene rings is 2. The minimum atomic E-state index is -0.223. The summed E-state index contributed by atoms with van der Waals surface area (Å²) in [5, 5.41) is 1.44. The number of rotatable bonds is 5. The molecule has 7 nitrogen and oxygen atoms in total. The van der Waals surface area contributed by atoms with Crippen LogP contribution in [-0.2, 0) is 6.42 Å². The predicted molar refractivity (Wildman–Crippen MR) is 107 cm³/mol. The molecule has 2 aromatic heterocycles. The van der Waals surface area contributed by atoms with Gasteiger partial charge in [0.05, 0.1) is 37.7 Å². The molecule has 2 heterocycles. The predicted octanol–water partition coefficient (Wildman–Crippen LogP) is 3.09. The first-order valence-corrected chi connectivity index (χ1v) is 8.69. The van der Waals surface area contributed by atoms with Crippen molar-refractivity contribution < 1.29 is 14.2 Å². The fourth-order valence-electron chi connectivity index (χ4n) is 3.16. The maximum absolute atomic E-state index is 12.5. The van der Waals surface area contributed by atoms with Crippen LogP contribution < -0.4 is 19.8 Å². The Labute approximate surface area is 160 Å². The number of methoxy groups -OCH3 is 3. The lowest BCUT2D eigenvalue weighted by molar-refractivity contribution is 0.355. The molecule has 7 heteroatoms. The quantitative estimate of drug-likeness (QED) is 0.575. The maximum atomic E-state index is 12.5. The molecule has 0 aliphatic heterocycles. The van der Waals surface area contributed by atoms with Crippen LogP contribution in [0.5, 0.6) is 17.2 Å². The zero-order valence-electron chi connectivity index (χ0n) is 15.8. The van der Waals surface area contributed by atoms with Gasteiger partial charge in [0.15, 0.2) is 11.5 Å². The molecule has 142 valence electrons. The lowest BCUT2D eigenvalue weighted by atomic mass is 10.1. The Morgan fingerprint density at radius 1 is 0.929 bits per heavy atom. The van der Waals surface area contributed by atoms with Gasteiger partial charge in [0, 0.05) is 30.1 Å². The normalized spacial score (nSPS) is 11.0. The summed E-state index contributed by atoms with van der Waals surface area (Å²) in [5.41, 5.74) is 2.12. The topological polar surface area (TPSA) is 86.3 Å². The lowest BCUT2D eigenvalue weighted by Crippen LogP contribution is -2.12. The van der Waals surface area contributed by atoms with Crippen molar-refractivity contribution in [2.75, 3.05) is 21.3 Å². The highest BCUT2D eigenvalue weighted by Crippen LogP contribution is 2.30. The molecule has 28 heavy (non-hydrogen) atoms. The molecular weight excluding hydrogens is 358 g/mol. The van der Waals surface area contributed by atoms with Crippen LogP contribution in [0.1, 0.15) is 11.4 Å². The van der Waals surface area contributed by atoms with Gasteiger partial charge in [-0.15, -0.1) is 0 Å². The number of nitrogens with one attached hydrogen (secondary N) is 1. The molecular formula is C21H19N3O4. The van der Waals surface area contributed by atoms with Crippen LogP contribution in [0.25, 0.3) is 21.8 Å². The van der Waals surface area contributed by atoms with E-state index in [2.05, 4.69) is 15.0 Å². The molecule has 2 aromatic carbocycles. The number of nitrogens with zero attached hydrogens (tertiary/aromatic N) is 2. The maximum Gasteiger partial charge on any atom is 0.258 e. The number of hydrogen-bond donors (Lipinski definition) is 1. The van der Waals surface area contributed by atoms with Crippen LogP contribution in [0.2, 0.25) is 0 Å². The van der Waals surface area contributed by atoms with Crippen molar-refractivity contribution in [2.45, 2.75) is 6.42 Å². The van der Waals surface area contributed by atoms with E-state index in [9.17, 15) is 4.79 Å². The molecule has 0 bridgehead atoms. The Morgan fingerprint density at radius 3 is 2.46 bits per heavy atom. The summed E-state index contributed by atoms with van der Waals surface area (Å²) in [4.78, 5) is 24.4. The van der Waals surface area contributed by atoms with E-state index in [0.29, 0.717) is 34.6 Å². The fourth-order valence-corrected chi connectivity index (χ4v) is 3.16. The standard InChI is InChI=1S/C21H19N3O4/c1-26-14-5-4-13-6-12(11-22-16(13)8-14)7-20-23-17-10-19(28-3)18(27-2)9-15(17)21(25)24-20/h4-6,8-11H,7H2,1-3H3,(H,23,24,25). The van der Waals surface area contributed by atoms with Crippen molar-refractivity contribution in [1.82, 2.24) is 15.0 Å². The largest absolute Gasteiger partial charge is 0.497 e. The van der Waals surface area contributed by atoms with Crippen LogP contribution in [0, 0.1) is 0 Å². The number of fused-ring (bicyclic) bond motifs is 2. The molecule has 0 fully saturated rings. The smallest absolute Gasteiger partial charge is 0.258 e. The molecule has 4 rings (SSSR count). The van der Waals surface area contributed by atoms with E-state index in [1.54, 1.807) is 32.5 Å². The monoisotopic (exact) mass is 377 g/mol. The van der Waals surface area contributed by atoms with Gasteiger partial charge in [0.1, 0.15) is 11.6 Å². The van der Waals surface area contributed by atoms with E-state index < -0.39 is 0 Å². The fraction of sp³-hybridized carbons (Fsp3) is 0.190. The summed E-state index contributed by atoms with van der Waals surface area (Å²) in [6.07, 6.45) is 2.23. The number of aromatic amines is 1. The average Bonchev–Trinajstić information content (AvgIpc) is 2.72. The summed E-state index contributed by atoms with van der Waals surface area (Å²) in [6.45, 7) is 0. The van der Waals surface area contributed by atoms with Crippen LogP contribution in [0.15, 0.2) is 47.4 Å². The minimum absolute atomic E-state index is 0.223. The van der Waals surface area contributed by atoms with E-state index in [1.807, 2.05) is 24.3 Å². The zero-order chi connectivity index (χ0) is 19.7. The number of pyridine rings is 1. The highest BCUT2D eigenvalue weighted by atomic mass is 16.5. The van der Waals surface area contributed by atoms with E-state index >= 15 is 0 Å². The van der Waals surface area contributed by atoms with Gasteiger partial charge >= 0.3 is 0 Å². The molecule has 0 saturated carbocycles. The lowest BCUT2D eigenvalue weighted by Gasteiger charge is -2.09. The zero-order valence-corrected chi connectivity index (χ0v) is 15.8. The van der Waals surface area contributed by atoms with Gasteiger partial charge in [-0.05, 0) is 29.8 Å². The third kappa shape index (κ3) is 3.22. The first-order valence-electron chi connectivity index (χ1n) is 8.69. The summed E-state index contributed by atoms with van der Waals surface area (Å²) < 4.78 is 15.8. The second-order valence-corrected chi connectivity index (χ2v) is 6.32. The first kappa shape index (κ1) is 17.8. The molecule has 0 spiro atoms. The minimum Gasteiger partial charge on any atom is -0.497 e. The van der Waals surface area contributed by atoms with Crippen molar-refractivity contribution in [3.63, 3.8) is 0 Å². The van der Waals surface area contributed by atoms with Crippen LogP contribution in [-0.4, -0.2) is 36.3 Å². The Balaban J connectivity index is 1.73. The van der Waals surface area contributed by atoms with Gasteiger partial charge in [-0.25, -0.2) is 4.98 Å². The van der Waals surface area contributed by atoms with Crippen molar-refractivity contribution >= 4 is 21.8 Å². The Bertz CT molecular complexity index is 1230. The van der Waals surface area contributed by atoms with Crippen molar-refractivity contribution in [3.8, 4) is 17.2 Å². The molecule has 0 aliphatic rings. The van der Waals surface area contributed by atoms with Gasteiger partial charge in [-0.3, -0.25) is 9.78 Å². The molecule has 1 N–H and O–H groups in total. The molecule has 0 saturated heterocycles. The van der Waals surface area contributed by atoms with E-state index in [-0.39, 0.29) is 5.56 Å². The van der Waals surface area contributed by atoms with Crippen molar-refractivity contribution in [1.29, 1.82) is 0 Å². The number of aromatic nitrogens is 3. The molecule has 0 aliphatic carbocycles. The molecule has 0 unspecified atom stereocenters. The summed E-state index contributed by atoms with van der Waals surface area (Å²) in [6, 6.07) is 11.1. The number of hydrogen-bond acceptors (Lipinski definition) is 6. The Morgan fingerprint density at radius 2 is 1.71 bits per heavy atom. The summed E-state index contributed by atoms with van der Waals surface area (Å²) in [7, 11) is 4.71. The first-order chi connectivity index (χ1) is 13.6. The van der Waals surface area contributed by atoms with Crippen LogP contribution in [0.4, 0.5) is 0 Å². The van der Waals surface area contributed by atoms with Gasteiger partial charge in [-0.1, -0.05) is 0 Å². The van der Waals surface area contributed by atoms with Gasteiger partial charge in [0.25, 0.3) is 5.56 Å². The van der Waals surface area contributed by atoms with Gasteiger partial charge < -0.3 is 19.2 Å². The van der Waals surface area contributed by atoms with E-state index in [0.717, 1.165) is 22.2 Å². The SMILES string of the molecule is COc1ccc2cc(Cc3nc4cc(OC)c(OC)cc4c(=O)[nH]3)cnc2c1. The average molecular weight is 377 g/mol. The summed E-state index contributed by atoms with van der Waals surface area (Å²) in [5.74, 6) is 2.33. The van der Waals surface area contributed by atoms with Crippen molar-refractivity contribution in [3.05, 3.63) is 64.3 Å². The molecule has 4 aromatic rings. The third-order valence-electron chi connectivity index (χ3n) is 4.58. The van der Waals surface area contributed by atoms with E-state index in [4.69, 9.17) is 14.2 Å². The number of ether oxygens (including phenoxy) is 3. The second-order valence-electron chi connectivity index (χ2n) is 6.32. The van der Waals surface area contributed by atoms with Gasteiger partial charge in [0.2, 0.25) is 0 Å². The van der Waals surface area contributed by atoms with Gasteiger partial charge in [-0.2, -0.15) is 0 Å². The van der Waals surface area contributed by atoms with Crippen molar-refractivity contribution in [2.24, 2.45) is 0 Å². The Kier molecular flexibility index (Phi) is 4.57. The molecule has 0 amide bonds. The highest BCUT2D eigenvalue weighted by molar-refractivity contribution is 5.82. The third-order valence-corrected chi connectivity index (χ3v) is 4.58. The van der Waals surface area contributed by atoms with Crippen LogP contribution in [0.3, 0.4) is 0 Å². The van der Waals surface area contributed by atoms with E-state index in [1.165, 1.54) is 7.11 Å².